The monoisotopic (exact) mass is 405 g/mol. The van der Waals surface area contributed by atoms with Crippen molar-refractivity contribution >= 4 is 15.2 Å². The second kappa shape index (κ2) is 21.0. The van der Waals surface area contributed by atoms with Crippen molar-refractivity contribution in [3.63, 3.8) is 0 Å². The zero-order chi connectivity index (χ0) is 14.9. The largest absolute Gasteiger partial charge is 1.00 e. The number of hydrogen-bond acceptors (Lipinski definition) is 7. The second-order valence-electron chi connectivity index (χ2n) is 4.67. The molecule has 13 heteroatoms. The van der Waals surface area contributed by atoms with Gasteiger partial charge in [0.1, 0.15) is 0 Å². The molecule has 0 aliphatic rings. The molecule has 0 radical (unpaired) electrons. The summed E-state index contributed by atoms with van der Waals surface area (Å²) in [5.74, 6) is 0. The van der Waals surface area contributed by atoms with E-state index in [0.717, 1.165) is 37.0 Å². The van der Waals surface area contributed by atoms with Crippen molar-refractivity contribution in [2.75, 3.05) is 19.1 Å². The summed E-state index contributed by atoms with van der Waals surface area (Å²) in [6.45, 7) is 2.22. The molecular formula is C10H21NNa4O6P2. The second-order valence-corrected chi connectivity index (χ2v) is 7.68. The fourth-order valence-corrected chi connectivity index (χ4v) is 3.41. The Morgan fingerprint density at radius 3 is 1.39 bits per heavy atom. The van der Waals surface area contributed by atoms with E-state index in [9.17, 15) is 28.7 Å². The summed E-state index contributed by atoms with van der Waals surface area (Å²) in [6.07, 6.45) is 3.85. The fourth-order valence-electron chi connectivity index (χ4n) is 1.79. The first-order valence-corrected chi connectivity index (χ1v) is 9.84. The first-order valence-electron chi connectivity index (χ1n) is 6.38. The van der Waals surface area contributed by atoms with Crippen LogP contribution in [0, 0.1) is 0 Å². The van der Waals surface area contributed by atoms with E-state index in [4.69, 9.17) is 0 Å². The van der Waals surface area contributed by atoms with Crippen LogP contribution < -0.4 is 138 Å². The predicted octanol–water partition coefficient (Wildman–Crippen LogP) is -12.6. The van der Waals surface area contributed by atoms with Crippen LogP contribution in [0.25, 0.3) is 0 Å². The molecule has 0 amide bonds. The van der Waals surface area contributed by atoms with Gasteiger partial charge in [0, 0.05) is 12.6 Å². The Morgan fingerprint density at radius 2 is 1.04 bits per heavy atom. The van der Waals surface area contributed by atoms with Crippen molar-refractivity contribution in [2.24, 2.45) is 0 Å². The third-order valence-electron chi connectivity index (χ3n) is 2.57. The number of hydrogen-bond donors (Lipinski definition) is 0. The zero-order valence-corrected chi connectivity index (χ0v) is 24.9. The van der Waals surface area contributed by atoms with E-state index in [1.807, 2.05) is 0 Å². The van der Waals surface area contributed by atoms with Crippen LogP contribution in [-0.4, -0.2) is 24.0 Å². The minimum Gasteiger partial charge on any atom is -0.810 e. The average molecular weight is 405 g/mol. The average Bonchev–Trinajstić information content (AvgIpc) is 2.18. The Balaban J connectivity index is -0.000000270. The first-order chi connectivity index (χ1) is 8.64. The van der Waals surface area contributed by atoms with Crippen molar-refractivity contribution in [2.45, 2.75) is 45.4 Å². The predicted molar refractivity (Wildman–Crippen MR) is 65.0 cm³/mol. The fraction of sp³-hybridized carbons (Fsp3) is 1.00. The van der Waals surface area contributed by atoms with Gasteiger partial charge in [-0.05, 0) is 13.0 Å². The molecule has 0 aromatic carbocycles. The van der Waals surface area contributed by atoms with E-state index in [-0.39, 0.29) is 125 Å². The summed E-state index contributed by atoms with van der Waals surface area (Å²) in [7, 11) is -9.69. The van der Waals surface area contributed by atoms with Crippen LogP contribution in [0.4, 0.5) is 0 Å². The molecule has 0 bridgehead atoms. The minimum absolute atomic E-state index is 0. The minimum atomic E-state index is -4.85. The van der Waals surface area contributed by atoms with Crippen LogP contribution >= 0.6 is 15.2 Å². The Kier molecular flexibility index (Phi) is 34.6. The molecule has 0 aliphatic heterocycles. The first kappa shape index (κ1) is 37.9. The Labute approximate surface area is 228 Å². The third kappa shape index (κ3) is 31.2. The van der Waals surface area contributed by atoms with E-state index in [1.165, 1.54) is 0 Å². The Bertz CT molecular complexity index is 317. The molecule has 0 rings (SSSR count). The van der Waals surface area contributed by atoms with Crippen LogP contribution in [0.5, 0.6) is 0 Å². The molecule has 0 saturated carbocycles. The number of unbranched alkanes of at least 4 members (excludes halogenated alkanes) is 5. The topological polar surface area (TPSA) is 130 Å². The maximum atomic E-state index is 10.6. The van der Waals surface area contributed by atoms with Crippen molar-refractivity contribution in [3.05, 3.63) is 0 Å². The maximum Gasteiger partial charge on any atom is 1.00 e. The molecule has 0 aromatic heterocycles. The SMILES string of the molecule is CCCCCCCCN(CP(=O)([O-])[O-])CP(=O)([O-])[O-].[Na+].[Na+].[Na+].[Na+]. The molecule has 0 N–H and O–H groups in total. The molecule has 0 spiro atoms. The quantitative estimate of drug-likeness (QED) is 0.190. The molecule has 0 atom stereocenters. The molecule has 116 valence electrons. The summed E-state index contributed by atoms with van der Waals surface area (Å²) in [5.41, 5.74) is 0. The summed E-state index contributed by atoms with van der Waals surface area (Å²) >= 11 is 0. The van der Waals surface area contributed by atoms with Crippen LogP contribution in [0.2, 0.25) is 0 Å². The molecule has 0 fully saturated rings. The molecule has 7 nitrogen and oxygen atoms in total. The van der Waals surface area contributed by atoms with Crippen LogP contribution in [0.3, 0.4) is 0 Å². The Hall–Kier alpha value is 4.26. The van der Waals surface area contributed by atoms with E-state index < -0.39 is 27.8 Å². The molecule has 0 unspecified atom stereocenters. The molecule has 23 heavy (non-hydrogen) atoms. The van der Waals surface area contributed by atoms with Gasteiger partial charge in [-0.2, -0.15) is 0 Å². The summed E-state index contributed by atoms with van der Waals surface area (Å²) in [6, 6.07) is 0. The van der Waals surface area contributed by atoms with Crippen molar-refractivity contribution in [1.82, 2.24) is 4.90 Å². The van der Waals surface area contributed by atoms with Gasteiger partial charge in [-0.1, -0.05) is 54.2 Å². The summed E-state index contributed by atoms with van der Waals surface area (Å²) in [5, 5.41) is 0. The van der Waals surface area contributed by atoms with E-state index in [0.29, 0.717) is 6.42 Å². The van der Waals surface area contributed by atoms with Gasteiger partial charge in [-0.25, -0.2) is 0 Å². The molecule has 0 heterocycles. The smallest absolute Gasteiger partial charge is 0.810 e. The molecule has 0 aromatic rings. The van der Waals surface area contributed by atoms with E-state index in [1.54, 1.807) is 0 Å². The number of rotatable bonds is 11. The standard InChI is InChI=1S/C10H25NO6P2.4Na/c1-2-3-4-5-6-7-8-11(9-18(12,13)14)10-19(15,16)17;;;;/h2-10H2,1H3,(H2,12,13,14)(H2,15,16,17);;;;/q;4*+1/p-4. The Morgan fingerprint density at radius 1 is 0.696 bits per heavy atom. The number of nitrogens with zero attached hydrogens (tertiary/aromatic N) is 1. The summed E-state index contributed by atoms with van der Waals surface area (Å²) < 4.78 is 21.3. The van der Waals surface area contributed by atoms with Gasteiger partial charge >= 0.3 is 118 Å². The van der Waals surface area contributed by atoms with Crippen molar-refractivity contribution in [1.29, 1.82) is 0 Å². The van der Waals surface area contributed by atoms with Gasteiger partial charge in [0.15, 0.2) is 0 Å². The van der Waals surface area contributed by atoms with Crippen molar-refractivity contribution in [3.8, 4) is 0 Å². The van der Waals surface area contributed by atoms with E-state index >= 15 is 0 Å². The van der Waals surface area contributed by atoms with Gasteiger partial charge in [0.05, 0.1) is 0 Å². The summed E-state index contributed by atoms with van der Waals surface area (Å²) in [4.78, 5) is 43.5. The molecule has 0 saturated heterocycles. The molecular weight excluding hydrogens is 384 g/mol. The van der Waals surface area contributed by atoms with Gasteiger partial charge in [0.2, 0.25) is 0 Å². The van der Waals surface area contributed by atoms with Gasteiger partial charge < -0.3 is 28.7 Å². The van der Waals surface area contributed by atoms with Gasteiger partial charge in [-0.3, -0.25) is 4.90 Å². The van der Waals surface area contributed by atoms with Crippen LogP contribution in [0.1, 0.15) is 45.4 Å². The molecule has 0 aliphatic carbocycles. The van der Waals surface area contributed by atoms with Crippen molar-refractivity contribution < 1.29 is 147 Å². The van der Waals surface area contributed by atoms with Crippen LogP contribution in [-0.2, 0) is 9.13 Å². The van der Waals surface area contributed by atoms with E-state index in [2.05, 4.69) is 6.92 Å². The third-order valence-corrected chi connectivity index (χ3v) is 4.07. The maximum absolute atomic E-state index is 10.6. The normalized spacial score (nSPS) is 10.9. The van der Waals surface area contributed by atoms with Gasteiger partial charge in [0.25, 0.3) is 0 Å². The van der Waals surface area contributed by atoms with Crippen LogP contribution in [0.15, 0.2) is 0 Å². The zero-order valence-electron chi connectivity index (χ0n) is 15.2. The van der Waals surface area contributed by atoms with Gasteiger partial charge in [-0.15, -0.1) is 0 Å².